The summed E-state index contributed by atoms with van der Waals surface area (Å²) in [5.41, 5.74) is 2.32. The van der Waals surface area contributed by atoms with Gasteiger partial charge in [-0.15, -0.1) is 0 Å². The number of rotatable bonds is 2. The first kappa shape index (κ1) is 10.5. The Bertz CT molecular complexity index is 236. The van der Waals surface area contributed by atoms with Crippen LogP contribution in [0.2, 0.25) is 0 Å². The maximum Gasteiger partial charge on any atom is 0.158 e. The van der Waals surface area contributed by atoms with E-state index in [0.29, 0.717) is 17.6 Å². The number of carbonyl (C=O) groups excluding carboxylic acids is 1. The van der Waals surface area contributed by atoms with Gasteiger partial charge in [0, 0.05) is 6.42 Å². The molecule has 0 aromatic rings. The zero-order valence-electron chi connectivity index (χ0n) is 9.18. The molecule has 1 aliphatic carbocycles. The largest absolute Gasteiger partial charge is 0.295 e. The predicted octanol–water partition coefficient (Wildman–Crippen LogP) is 3.35. The van der Waals surface area contributed by atoms with E-state index < -0.39 is 0 Å². The standard InChI is InChI=1S/C12H20O/c1-8(2)5-11-6-9(3)10(4)12(13)7-11/h8,11H,5-7H2,1-4H3. The van der Waals surface area contributed by atoms with Crippen LogP contribution in [0.15, 0.2) is 11.1 Å². The molecule has 0 aromatic heterocycles. The molecular formula is C12H20O. The molecule has 0 spiro atoms. The van der Waals surface area contributed by atoms with E-state index in [1.165, 1.54) is 12.0 Å². The van der Waals surface area contributed by atoms with E-state index in [1.807, 2.05) is 6.92 Å². The summed E-state index contributed by atoms with van der Waals surface area (Å²) in [5, 5.41) is 0. The third-order valence-corrected chi connectivity index (χ3v) is 2.93. The lowest BCUT2D eigenvalue weighted by molar-refractivity contribution is -0.117. The van der Waals surface area contributed by atoms with E-state index in [1.54, 1.807) is 0 Å². The molecule has 1 unspecified atom stereocenters. The number of Topliss-reactive ketones (excluding diaryl/α,β-unsaturated/α-hetero) is 1. The van der Waals surface area contributed by atoms with Crippen LogP contribution in [0.5, 0.6) is 0 Å². The Hall–Kier alpha value is -0.590. The summed E-state index contributed by atoms with van der Waals surface area (Å²) < 4.78 is 0. The van der Waals surface area contributed by atoms with E-state index >= 15 is 0 Å². The van der Waals surface area contributed by atoms with Crippen LogP contribution >= 0.6 is 0 Å². The Labute approximate surface area is 81.2 Å². The quantitative estimate of drug-likeness (QED) is 0.637. The molecule has 0 heterocycles. The molecule has 1 rings (SSSR count). The van der Waals surface area contributed by atoms with Crippen LogP contribution in [0.3, 0.4) is 0 Å². The number of carbonyl (C=O) groups is 1. The van der Waals surface area contributed by atoms with Crippen molar-refractivity contribution in [1.29, 1.82) is 0 Å². The molecule has 1 heteroatoms. The molecule has 0 bridgehead atoms. The summed E-state index contributed by atoms with van der Waals surface area (Å²) >= 11 is 0. The molecule has 74 valence electrons. The van der Waals surface area contributed by atoms with Gasteiger partial charge in [-0.05, 0) is 44.1 Å². The predicted molar refractivity (Wildman–Crippen MR) is 55.6 cm³/mol. The third kappa shape index (κ3) is 2.68. The van der Waals surface area contributed by atoms with Crippen LogP contribution in [-0.2, 0) is 4.79 Å². The van der Waals surface area contributed by atoms with E-state index in [9.17, 15) is 4.79 Å². The monoisotopic (exact) mass is 180 g/mol. The Morgan fingerprint density at radius 3 is 2.38 bits per heavy atom. The summed E-state index contributed by atoms with van der Waals surface area (Å²) in [6, 6.07) is 0. The van der Waals surface area contributed by atoms with Crippen LogP contribution in [0, 0.1) is 11.8 Å². The molecule has 0 aliphatic heterocycles. The van der Waals surface area contributed by atoms with Crippen molar-refractivity contribution in [1.82, 2.24) is 0 Å². The fourth-order valence-electron chi connectivity index (χ4n) is 2.14. The molecule has 0 amide bonds. The van der Waals surface area contributed by atoms with Gasteiger partial charge in [-0.3, -0.25) is 4.79 Å². The fraction of sp³-hybridized carbons (Fsp3) is 0.750. The van der Waals surface area contributed by atoms with Crippen molar-refractivity contribution in [3.63, 3.8) is 0 Å². The smallest absolute Gasteiger partial charge is 0.158 e. The van der Waals surface area contributed by atoms with E-state index in [4.69, 9.17) is 0 Å². The maximum atomic E-state index is 11.5. The van der Waals surface area contributed by atoms with Gasteiger partial charge in [0.25, 0.3) is 0 Å². The highest BCUT2D eigenvalue weighted by Gasteiger charge is 2.23. The van der Waals surface area contributed by atoms with Gasteiger partial charge < -0.3 is 0 Å². The van der Waals surface area contributed by atoms with Crippen molar-refractivity contribution in [3.8, 4) is 0 Å². The minimum absolute atomic E-state index is 0.370. The first-order chi connectivity index (χ1) is 6.00. The lowest BCUT2D eigenvalue weighted by Crippen LogP contribution is -2.18. The Morgan fingerprint density at radius 2 is 1.92 bits per heavy atom. The van der Waals surface area contributed by atoms with Gasteiger partial charge in [0.2, 0.25) is 0 Å². The van der Waals surface area contributed by atoms with E-state index in [2.05, 4.69) is 20.8 Å². The molecule has 1 nitrogen and oxygen atoms in total. The summed E-state index contributed by atoms with van der Waals surface area (Å²) in [4.78, 5) is 11.5. The molecule has 1 atom stereocenters. The SMILES string of the molecule is CC1=C(C)C(=O)CC(CC(C)C)C1. The summed E-state index contributed by atoms with van der Waals surface area (Å²) in [7, 11) is 0. The number of allylic oxidation sites excluding steroid dienone is 2. The molecule has 0 N–H and O–H groups in total. The topological polar surface area (TPSA) is 17.1 Å². The highest BCUT2D eigenvalue weighted by Crippen LogP contribution is 2.30. The second-order valence-corrected chi connectivity index (χ2v) is 4.73. The van der Waals surface area contributed by atoms with Gasteiger partial charge in [0.05, 0.1) is 0 Å². The lowest BCUT2D eigenvalue weighted by Gasteiger charge is -2.24. The van der Waals surface area contributed by atoms with Crippen LogP contribution in [0.25, 0.3) is 0 Å². The molecule has 0 saturated carbocycles. The fourth-order valence-corrected chi connectivity index (χ4v) is 2.14. The summed E-state index contributed by atoms with van der Waals surface area (Å²) in [6.45, 7) is 8.51. The van der Waals surface area contributed by atoms with E-state index in [0.717, 1.165) is 18.4 Å². The zero-order chi connectivity index (χ0) is 10.0. The van der Waals surface area contributed by atoms with Gasteiger partial charge in [0.1, 0.15) is 0 Å². The first-order valence-corrected chi connectivity index (χ1v) is 5.20. The number of hydrogen-bond donors (Lipinski definition) is 0. The number of ketones is 1. The molecule has 13 heavy (non-hydrogen) atoms. The highest BCUT2D eigenvalue weighted by atomic mass is 16.1. The molecule has 0 radical (unpaired) electrons. The van der Waals surface area contributed by atoms with Crippen molar-refractivity contribution in [2.75, 3.05) is 0 Å². The lowest BCUT2D eigenvalue weighted by atomic mass is 9.80. The second kappa shape index (κ2) is 4.08. The van der Waals surface area contributed by atoms with Crippen LogP contribution < -0.4 is 0 Å². The minimum Gasteiger partial charge on any atom is -0.295 e. The van der Waals surface area contributed by atoms with Gasteiger partial charge in [-0.25, -0.2) is 0 Å². The highest BCUT2D eigenvalue weighted by molar-refractivity contribution is 5.96. The van der Waals surface area contributed by atoms with Crippen molar-refractivity contribution in [2.45, 2.75) is 47.0 Å². The molecule has 0 fully saturated rings. The van der Waals surface area contributed by atoms with Gasteiger partial charge in [-0.2, -0.15) is 0 Å². The Balaban J connectivity index is 2.63. The van der Waals surface area contributed by atoms with Gasteiger partial charge >= 0.3 is 0 Å². The van der Waals surface area contributed by atoms with E-state index in [-0.39, 0.29) is 0 Å². The average Bonchev–Trinajstić information content (AvgIpc) is 1.98. The summed E-state index contributed by atoms with van der Waals surface area (Å²) in [5.74, 6) is 1.69. The third-order valence-electron chi connectivity index (χ3n) is 2.93. The summed E-state index contributed by atoms with van der Waals surface area (Å²) in [6.07, 6.45) is 3.10. The second-order valence-electron chi connectivity index (χ2n) is 4.73. The van der Waals surface area contributed by atoms with Crippen LogP contribution in [0.1, 0.15) is 47.0 Å². The number of hydrogen-bond acceptors (Lipinski definition) is 1. The van der Waals surface area contributed by atoms with Gasteiger partial charge in [0.15, 0.2) is 5.78 Å². The van der Waals surface area contributed by atoms with Crippen LogP contribution in [0.4, 0.5) is 0 Å². The molecule has 1 aliphatic rings. The van der Waals surface area contributed by atoms with Crippen molar-refractivity contribution < 1.29 is 4.79 Å². The maximum absolute atomic E-state index is 11.5. The molecule has 0 aromatic carbocycles. The van der Waals surface area contributed by atoms with Crippen molar-refractivity contribution in [2.24, 2.45) is 11.8 Å². The van der Waals surface area contributed by atoms with Gasteiger partial charge in [-0.1, -0.05) is 19.4 Å². The normalized spacial score (nSPS) is 24.4. The molecular weight excluding hydrogens is 160 g/mol. The Kier molecular flexibility index (Phi) is 3.29. The van der Waals surface area contributed by atoms with Crippen molar-refractivity contribution in [3.05, 3.63) is 11.1 Å². The zero-order valence-corrected chi connectivity index (χ0v) is 9.18. The average molecular weight is 180 g/mol. The van der Waals surface area contributed by atoms with Crippen molar-refractivity contribution >= 4 is 5.78 Å². The van der Waals surface area contributed by atoms with Crippen LogP contribution in [-0.4, -0.2) is 5.78 Å². The molecule has 0 saturated heterocycles. The first-order valence-electron chi connectivity index (χ1n) is 5.20. The Morgan fingerprint density at radius 1 is 1.31 bits per heavy atom. The minimum atomic E-state index is 0.370.